The molecule has 0 aliphatic carbocycles. The highest BCUT2D eigenvalue weighted by Crippen LogP contribution is 2.24. The van der Waals surface area contributed by atoms with Crippen LogP contribution in [0.5, 0.6) is 0 Å². The van der Waals surface area contributed by atoms with E-state index in [1.807, 2.05) is 30.3 Å². The molecular formula is C12H6BrCl2N3. The van der Waals surface area contributed by atoms with Crippen LogP contribution in [0.3, 0.4) is 0 Å². The largest absolute Gasteiger partial charge is 0.217 e. The van der Waals surface area contributed by atoms with E-state index in [4.69, 9.17) is 23.2 Å². The lowest BCUT2D eigenvalue weighted by Crippen LogP contribution is -1.91. The number of fused-ring (bicyclic) bond motifs is 1. The molecule has 0 unspecified atom stereocenters. The van der Waals surface area contributed by atoms with Gasteiger partial charge in [-0.05, 0) is 12.1 Å². The predicted molar refractivity (Wildman–Crippen MR) is 76.1 cm³/mol. The fraction of sp³-hybridized carbons (Fsp3) is 0. The van der Waals surface area contributed by atoms with Crippen molar-refractivity contribution >= 4 is 44.8 Å². The van der Waals surface area contributed by atoms with E-state index in [9.17, 15) is 0 Å². The second-order valence-corrected chi connectivity index (χ2v) is 5.40. The van der Waals surface area contributed by atoms with E-state index in [-0.39, 0.29) is 0 Å². The highest BCUT2D eigenvalue weighted by Gasteiger charge is 2.08. The Balaban J connectivity index is 2.19. The van der Waals surface area contributed by atoms with Gasteiger partial charge in [0.15, 0.2) is 5.65 Å². The first kappa shape index (κ1) is 12.0. The molecule has 0 bridgehead atoms. The van der Waals surface area contributed by atoms with Crippen LogP contribution in [0.1, 0.15) is 0 Å². The van der Waals surface area contributed by atoms with Crippen LogP contribution in [0.25, 0.3) is 16.9 Å². The average molecular weight is 343 g/mol. The molecule has 18 heavy (non-hydrogen) atoms. The van der Waals surface area contributed by atoms with Crippen LogP contribution in [0.15, 0.2) is 40.9 Å². The number of benzene rings is 1. The van der Waals surface area contributed by atoms with E-state index in [1.165, 1.54) is 0 Å². The third-order valence-corrected chi connectivity index (χ3v) is 3.48. The zero-order valence-electron chi connectivity index (χ0n) is 8.94. The molecule has 0 aliphatic rings. The predicted octanol–water partition coefficient (Wildman–Crippen LogP) is 4.47. The monoisotopic (exact) mass is 341 g/mol. The van der Waals surface area contributed by atoms with Crippen LogP contribution in [0.4, 0.5) is 0 Å². The Morgan fingerprint density at radius 1 is 1.06 bits per heavy atom. The molecule has 0 fully saturated rings. The molecule has 3 aromatic rings. The van der Waals surface area contributed by atoms with E-state index in [1.54, 1.807) is 10.6 Å². The Morgan fingerprint density at radius 2 is 1.78 bits per heavy atom. The Hall–Kier alpha value is -1.10. The summed E-state index contributed by atoms with van der Waals surface area (Å²) >= 11 is 15.3. The molecule has 2 aromatic heterocycles. The molecule has 3 nitrogen and oxygen atoms in total. The smallest absolute Gasteiger partial charge is 0.159 e. The van der Waals surface area contributed by atoms with E-state index >= 15 is 0 Å². The molecule has 0 radical (unpaired) electrons. The summed E-state index contributed by atoms with van der Waals surface area (Å²) in [5.74, 6) is 0. The van der Waals surface area contributed by atoms with E-state index in [0.717, 1.165) is 15.7 Å². The van der Waals surface area contributed by atoms with Gasteiger partial charge in [-0.15, -0.1) is 0 Å². The first-order valence-corrected chi connectivity index (χ1v) is 6.66. The number of hydrogen-bond acceptors (Lipinski definition) is 2. The normalized spacial score (nSPS) is 11.1. The fourth-order valence-electron chi connectivity index (χ4n) is 1.67. The summed E-state index contributed by atoms with van der Waals surface area (Å²) in [7, 11) is 0. The summed E-state index contributed by atoms with van der Waals surface area (Å²) < 4.78 is 2.58. The fourth-order valence-corrected chi connectivity index (χ4v) is 2.41. The lowest BCUT2D eigenvalue weighted by atomic mass is 10.2. The molecule has 0 N–H and O–H groups in total. The molecule has 0 saturated heterocycles. The van der Waals surface area contributed by atoms with Crippen LogP contribution in [0, 0.1) is 0 Å². The molecule has 3 rings (SSSR count). The number of aromatic nitrogens is 3. The minimum Gasteiger partial charge on any atom is -0.217 e. The third-order valence-electron chi connectivity index (χ3n) is 2.49. The topological polar surface area (TPSA) is 30.2 Å². The lowest BCUT2D eigenvalue weighted by molar-refractivity contribution is 0.944. The van der Waals surface area contributed by atoms with Gasteiger partial charge in [0.05, 0.1) is 5.69 Å². The SMILES string of the molecule is Clc1cc(Cl)n2nc(-c3ccc(Br)cc3)cc2n1. The molecule has 90 valence electrons. The van der Waals surface area contributed by atoms with E-state index < -0.39 is 0 Å². The van der Waals surface area contributed by atoms with Gasteiger partial charge in [-0.3, -0.25) is 0 Å². The molecule has 2 heterocycles. The van der Waals surface area contributed by atoms with Gasteiger partial charge in [-0.2, -0.15) is 5.10 Å². The number of nitrogens with zero attached hydrogens (tertiary/aromatic N) is 3. The van der Waals surface area contributed by atoms with Gasteiger partial charge in [-0.25, -0.2) is 9.50 Å². The zero-order valence-corrected chi connectivity index (χ0v) is 12.0. The van der Waals surface area contributed by atoms with Gasteiger partial charge in [0.1, 0.15) is 10.3 Å². The number of hydrogen-bond donors (Lipinski definition) is 0. The second kappa shape index (κ2) is 4.53. The highest BCUT2D eigenvalue weighted by atomic mass is 79.9. The third kappa shape index (κ3) is 2.11. The van der Waals surface area contributed by atoms with Crippen molar-refractivity contribution < 1.29 is 0 Å². The lowest BCUT2D eigenvalue weighted by Gasteiger charge is -1.96. The van der Waals surface area contributed by atoms with Crippen molar-refractivity contribution in [2.24, 2.45) is 0 Å². The van der Waals surface area contributed by atoms with Crippen LogP contribution < -0.4 is 0 Å². The van der Waals surface area contributed by atoms with Gasteiger partial charge >= 0.3 is 0 Å². The van der Waals surface area contributed by atoms with Crippen LogP contribution >= 0.6 is 39.1 Å². The van der Waals surface area contributed by atoms with Gasteiger partial charge in [0.25, 0.3) is 0 Å². The average Bonchev–Trinajstić information content (AvgIpc) is 2.74. The first-order valence-electron chi connectivity index (χ1n) is 5.11. The van der Waals surface area contributed by atoms with Crippen molar-refractivity contribution in [3.05, 3.63) is 51.2 Å². The van der Waals surface area contributed by atoms with Crippen LogP contribution in [0.2, 0.25) is 10.3 Å². The summed E-state index contributed by atoms with van der Waals surface area (Å²) in [5, 5.41) is 5.20. The van der Waals surface area contributed by atoms with E-state index in [0.29, 0.717) is 16.0 Å². The minimum atomic E-state index is 0.356. The first-order chi connectivity index (χ1) is 8.63. The van der Waals surface area contributed by atoms with Gasteiger partial charge in [0.2, 0.25) is 0 Å². The molecule has 0 spiro atoms. The maximum Gasteiger partial charge on any atom is 0.159 e. The van der Waals surface area contributed by atoms with Gasteiger partial charge in [-0.1, -0.05) is 51.3 Å². The number of rotatable bonds is 1. The van der Waals surface area contributed by atoms with Crippen molar-refractivity contribution in [3.63, 3.8) is 0 Å². The molecule has 0 atom stereocenters. The number of halogens is 3. The van der Waals surface area contributed by atoms with Gasteiger partial charge in [0, 0.05) is 22.2 Å². The molecule has 1 aromatic carbocycles. The molecule has 6 heteroatoms. The molecular weight excluding hydrogens is 337 g/mol. The summed E-state index contributed by atoms with van der Waals surface area (Å²) in [5.41, 5.74) is 2.43. The van der Waals surface area contributed by atoms with Crippen molar-refractivity contribution in [2.75, 3.05) is 0 Å². The summed E-state index contributed by atoms with van der Waals surface area (Å²) in [6.45, 7) is 0. The highest BCUT2D eigenvalue weighted by molar-refractivity contribution is 9.10. The van der Waals surface area contributed by atoms with Crippen LogP contribution in [-0.2, 0) is 0 Å². The van der Waals surface area contributed by atoms with Crippen molar-refractivity contribution in [3.8, 4) is 11.3 Å². The Morgan fingerprint density at radius 3 is 2.50 bits per heavy atom. The van der Waals surface area contributed by atoms with Crippen LogP contribution in [-0.4, -0.2) is 14.6 Å². The summed E-state index contributed by atoms with van der Waals surface area (Å²) in [6.07, 6.45) is 0. The Bertz CT molecular complexity index is 722. The molecule has 0 saturated carbocycles. The van der Waals surface area contributed by atoms with E-state index in [2.05, 4.69) is 26.0 Å². The Labute approximate surface area is 121 Å². The summed E-state index contributed by atoms with van der Waals surface area (Å²) in [4.78, 5) is 4.17. The van der Waals surface area contributed by atoms with Gasteiger partial charge < -0.3 is 0 Å². The quantitative estimate of drug-likeness (QED) is 0.611. The minimum absolute atomic E-state index is 0.356. The molecule has 0 aliphatic heterocycles. The Kier molecular flexibility index (Phi) is 3.01. The molecule has 0 amide bonds. The maximum absolute atomic E-state index is 6.06. The van der Waals surface area contributed by atoms with Crippen molar-refractivity contribution in [2.45, 2.75) is 0 Å². The van der Waals surface area contributed by atoms with Crippen molar-refractivity contribution in [1.29, 1.82) is 0 Å². The summed E-state index contributed by atoms with van der Waals surface area (Å²) in [6, 6.07) is 11.3. The standard InChI is InChI=1S/C12H6BrCl2N3/c13-8-3-1-7(2-4-8)9-5-12-16-10(14)6-11(15)18(12)17-9/h1-6H. The zero-order chi connectivity index (χ0) is 12.7. The second-order valence-electron chi connectivity index (χ2n) is 3.71. The van der Waals surface area contributed by atoms with Crippen molar-refractivity contribution in [1.82, 2.24) is 14.6 Å². The maximum atomic E-state index is 6.06.